The molecule has 0 aromatic heterocycles. The van der Waals surface area contributed by atoms with Crippen molar-refractivity contribution >= 4 is 32.7 Å². The number of hydrogen-bond acceptors (Lipinski definition) is 12. The summed E-state index contributed by atoms with van der Waals surface area (Å²) in [5.41, 5.74) is 0. The summed E-state index contributed by atoms with van der Waals surface area (Å²) in [5, 5.41) is 0. The molecule has 4 N–H and O–H groups in total. The van der Waals surface area contributed by atoms with E-state index in [1.165, 1.54) is 0 Å². The molecule has 2 aliphatic rings. The van der Waals surface area contributed by atoms with Crippen LogP contribution in [0.3, 0.4) is 0 Å². The largest absolute Gasteiger partial charge is 0.400 e. The fourth-order valence-electron chi connectivity index (χ4n) is 1.30. The molecule has 2 aliphatic heterocycles. The highest BCUT2D eigenvalue weighted by Crippen LogP contribution is 2.48. The maximum atomic E-state index is 11.4. The van der Waals surface area contributed by atoms with E-state index in [1.54, 1.807) is 0 Å². The summed E-state index contributed by atoms with van der Waals surface area (Å²) in [6.45, 7) is -1.60. The Hall–Kier alpha value is 0.250. The van der Waals surface area contributed by atoms with E-state index in [1.807, 2.05) is 0 Å². The first kappa shape index (κ1) is 17.6. The maximum Gasteiger partial charge on any atom is 0.400 e. The van der Waals surface area contributed by atoms with Gasteiger partial charge in [-0.3, -0.25) is 34.9 Å². The Morgan fingerprint density at radius 1 is 0.905 bits per heavy atom. The number of rotatable bonds is 6. The molecule has 21 heavy (non-hydrogen) atoms. The third-order valence-corrected chi connectivity index (χ3v) is 4.92. The van der Waals surface area contributed by atoms with Crippen LogP contribution < -0.4 is 0 Å². The Labute approximate surface area is 123 Å². The molecule has 0 amide bonds. The molecule has 128 valence electrons. The van der Waals surface area contributed by atoms with Crippen LogP contribution in [0.1, 0.15) is 0 Å². The van der Waals surface area contributed by atoms with Crippen molar-refractivity contribution in [3.8, 4) is 0 Å². The van der Waals surface area contributed by atoms with Crippen LogP contribution in [0.2, 0.25) is 0 Å². The van der Waals surface area contributed by atoms with Crippen molar-refractivity contribution in [3.63, 3.8) is 0 Å². The van der Waals surface area contributed by atoms with Gasteiger partial charge in [-0.1, -0.05) is 0 Å². The minimum atomic E-state index is -4.41. The summed E-state index contributed by atoms with van der Waals surface area (Å²) in [5.74, 6) is 0. The SMILES string of the molecule is O=S(=O)(OCC1COS(O)(O)O1)OCC1COS(O)(O)O1. The van der Waals surface area contributed by atoms with Gasteiger partial charge in [-0.15, -0.1) is 0 Å². The zero-order valence-corrected chi connectivity index (χ0v) is 12.7. The predicted octanol–water partition coefficient (Wildman–Crippen LogP) is 0.256. The zero-order chi connectivity index (χ0) is 15.7. The lowest BCUT2D eigenvalue weighted by Gasteiger charge is -2.17. The topological polar surface area (TPSA) is 170 Å². The van der Waals surface area contributed by atoms with Gasteiger partial charge < -0.3 is 0 Å². The first-order chi connectivity index (χ1) is 9.57. The molecule has 12 nitrogen and oxygen atoms in total. The van der Waals surface area contributed by atoms with Crippen LogP contribution in [0.15, 0.2) is 0 Å². The van der Waals surface area contributed by atoms with Crippen LogP contribution in [-0.2, 0) is 35.5 Å². The van der Waals surface area contributed by atoms with E-state index >= 15 is 0 Å². The second-order valence-corrected chi connectivity index (χ2v) is 7.81. The van der Waals surface area contributed by atoms with Gasteiger partial charge in [0.25, 0.3) is 0 Å². The molecular formula is C6H14O12S3. The van der Waals surface area contributed by atoms with Gasteiger partial charge in [0.2, 0.25) is 22.3 Å². The van der Waals surface area contributed by atoms with E-state index in [-0.39, 0.29) is 13.2 Å². The summed E-state index contributed by atoms with van der Waals surface area (Å²) < 4.78 is 85.6. The van der Waals surface area contributed by atoms with Crippen LogP contribution in [0.5, 0.6) is 0 Å². The lowest BCUT2D eigenvalue weighted by atomic mass is 10.4. The molecule has 0 aromatic carbocycles. The standard InChI is InChI=1S/C6H14O12S3/c7-19(8,13-1-5-3-15-20(9,10)17-5)14-2-6-4-16-21(11,12)18-6/h5-6,9-12H,1-4H2. The molecule has 0 bridgehead atoms. The molecule has 2 rings (SSSR count). The predicted molar refractivity (Wildman–Crippen MR) is 68.2 cm³/mol. The molecule has 2 atom stereocenters. The fourth-order valence-corrected chi connectivity index (χ4v) is 3.70. The molecular weight excluding hydrogens is 360 g/mol. The van der Waals surface area contributed by atoms with E-state index in [9.17, 15) is 8.42 Å². The Morgan fingerprint density at radius 3 is 1.57 bits per heavy atom. The lowest BCUT2D eigenvalue weighted by Crippen LogP contribution is -2.25. The van der Waals surface area contributed by atoms with Crippen LogP contribution in [-0.4, -0.2) is 65.3 Å². The fraction of sp³-hybridized carbons (Fsp3) is 1.00. The summed E-state index contributed by atoms with van der Waals surface area (Å²) in [6, 6.07) is 0. The van der Waals surface area contributed by atoms with Crippen molar-refractivity contribution in [1.82, 2.24) is 0 Å². The Kier molecular flexibility index (Phi) is 5.36. The molecule has 15 heteroatoms. The van der Waals surface area contributed by atoms with Gasteiger partial charge >= 0.3 is 10.4 Å². The molecule has 2 unspecified atom stereocenters. The second kappa shape index (κ2) is 6.40. The monoisotopic (exact) mass is 374 g/mol. The van der Waals surface area contributed by atoms with E-state index in [0.29, 0.717) is 0 Å². The Morgan fingerprint density at radius 2 is 1.29 bits per heavy atom. The molecule has 0 aromatic rings. The van der Waals surface area contributed by atoms with Crippen LogP contribution in [0.4, 0.5) is 0 Å². The Bertz CT molecular complexity index is 426. The average Bonchev–Trinajstić information content (AvgIpc) is 2.87. The van der Waals surface area contributed by atoms with Crippen molar-refractivity contribution in [2.24, 2.45) is 0 Å². The minimum Gasteiger partial charge on any atom is -0.287 e. The van der Waals surface area contributed by atoms with Crippen LogP contribution in [0.25, 0.3) is 0 Å². The summed E-state index contributed by atoms with van der Waals surface area (Å²) >= 11 is -7.21. The summed E-state index contributed by atoms with van der Waals surface area (Å²) in [4.78, 5) is 0. The zero-order valence-electron chi connectivity index (χ0n) is 10.3. The summed E-state index contributed by atoms with van der Waals surface area (Å²) in [7, 11) is -4.41. The van der Waals surface area contributed by atoms with Crippen molar-refractivity contribution in [1.29, 1.82) is 0 Å². The van der Waals surface area contributed by atoms with Gasteiger partial charge in [0.1, 0.15) is 12.2 Å². The van der Waals surface area contributed by atoms with Gasteiger partial charge in [-0.05, 0) is 0 Å². The van der Waals surface area contributed by atoms with Gasteiger partial charge in [0, 0.05) is 0 Å². The lowest BCUT2D eigenvalue weighted by molar-refractivity contribution is 0.103. The molecule has 0 saturated carbocycles. The van der Waals surface area contributed by atoms with Gasteiger partial charge in [-0.25, -0.2) is 8.37 Å². The van der Waals surface area contributed by atoms with Crippen molar-refractivity contribution in [2.45, 2.75) is 12.2 Å². The maximum absolute atomic E-state index is 11.4. The second-order valence-electron chi connectivity index (χ2n) is 3.88. The first-order valence-corrected chi connectivity index (χ1v) is 9.45. The van der Waals surface area contributed by atoms with E-state index in [2.05, 4.69) is 25.1 Å². The molecule has 0 aliphatic carbocycles. The molecule has 2 heterocycles. The third-order valence-electron chi connectivity index (χ3n) is 2.13. The Balaban J connectivity index is 1.70. The first-order valence-electron chi connectivity index (χ1n) is 5.32. The normalized spacial score (nSPS) is 34.7. The van der Waals surface area contributed by atoms with Gasteiger partial charge in [0.15, 0.2) is 0 Å². The van der Waals surface area contributed by atoms with E-state index < -0.39 is 58.1 Å². The smallest absolute Gasteiger partial charge is 0.287 e. The minimum absolute atomic E-state index is 0.252. The van der Waals surface area contributed by atoms with Crippen LogP contribution >= 0.6 is 22.3 Å². The highest BCUT2D eigenvalue weighted by Gasteiger charge is 2.37. The van der Waals surface area contributed by atoms with Gasteiger partial charge in [0.05, 0.1) is 26.4 Å². The molecule has 0 spiro atoms. The molecule has 2 saturated heterocycles. The van der Waals surface area contributed by atoms with Crippen LogP contribution in [0, 0.1) is 0 Å². The molecule has 0 radical (unpaired) electrons. The molecule has 2 fully saturated rings. The quantitative estimate of drug-likeness (QED) is 0.500. The highest BCUT2D eigenvalue weighted by atomic mass is 32.3. The van der Waals surface area contributed by atoms with E-state index in [0.717, 1.165) is 0 Å². The number of hydrogen-bond donors (Lipinski definition) is 4. The highest BCUT2D eigenvalue weighted by molar-refractivity contribution is 8.16. The average molecular weight is 374 g/mol. The van der Waals surface area contributed by atoms with Gasteiger partial charge in [-0.2, -0.15) is 8.42 Å². The summed E-state index contributed by atoms with van der Waals surface area (Å²) in [6.07, 6.45) is -1.96. The van der Waals surface area contributed by atoms with Crippen molar-refractivity contribution < 1.29 is 51.7 Å². The van der Waals surface area contributed by atoms with Crippen molar-refractivity contribution in [3.05, 3.63) is 0 Å². The van der Waals surface area contributed by atoms with Crippen molar-refractivity contribution in [2.75, 3.05) is 26.4 Å². The third kappa shape index (κ3) is 5.75. The van der Waals surface area contributed by atoms with E-state index in [4.69, 9.17) is 18.2 Å².